The van der Waals surface area contributed by atoms with Crippen LogP contribution in [0.15, 0.2) is 24.3 Å². The Morgan fingerprint density at radius 3 is 2.38 bits per heavy atom. The molecule has 1 heterocycles. The summed E-state index contributed by atoms with van der Waals surface area (Å²) in [5.74, 6) is 0.254. The summed E-state index contributed by atoms with van der Waals surface area (Å²) in [5, 5.41) is 21.1. The highest BCUT2D eigenvalue weighted by molar-refractivity contribution is 5.67. The van der Waals surface area contributed by atoms with Crippen molar-refractivity contribution in [2.45, 2.75) is 63.4 Å². The third kappa shape index (κ3) is 5.86. The van der Waals surface area contributed by atoms with Crippen molar-refractivity contribution in [1.82, 2.24) is 9.80 Å². The molecule has 162 valence electrons. The molecule has 0 aromatic heterocycles. The number of benzene rings is 1. The third-order valence-corrected chi connectivity index (χ3v) is 6.46. The van der Waals surface area contributed by atoms with Crippen molar-refractivity contribution < 1.29 is 19.7 Å². The van der Waals surface area contributed by atoms with E-state index in [9.17, 15) is 15.0 Å². The number of aliphatic hydroxyl groups is 1. The van der Waals surface area contributed by atoms with Crippen LogP contribution in [0.5, 0.6) is 5.75 Å². The van der Waals surface area contributed by atoms with Crippen LogP contribution in [0.3, 0.4) is 0 Å². The van der Waals surface area contributed by atoms with Gasteiger partial charge in [-0.3, -0.25) is 4.90 Å². The molecular weight excluding hydrogens is 368 g/mol. The number of aromatic hydroxyl groups is 1. The first-order valence-corrected chi connectivity index (χ1v) is 11.2. The molecule has 3 rings (SSSR count). The molecule has 0 spiro atoms. The monoisotopic (exact) mass is 404 g/mol. The standard InChI is InChI=1S/C23H36N2O4/c1-2-3-17-29-22(27)25-15-13-24(14-16-25)18-21(19-7-9-20(26)10-8-19)23(28)11-5-4-6-12-23/h7-10,21,26,28H,2-6,11-18H2,1H3. The van der Waals surface area contributed by atoms with Crippen LogP contribution in [-0.4, -0.2) is 71.0 Å². The largest absolute Gasteiger partial charge is 0.508 e. The number of rotatable bonds is 7. The summed E-state index contributed by atoms with van der Waals surface area (Å²) in [6.45, 7) is 6.22. The Morgan fingerprint density at radius 2 is 1.76 bits per heavy atom. The van der Waals surface area contributed by atoms with E-state index < -0.39 is 5.60 Å². The van der Waals surface area contributed by atoms with E-state index in [-0.39, 0.29) is 17.8 Å². The maximum atomic E-state index is 12.2. The van der Waals surface area contributed by atoms with E-state index in [1.54, 1.807) is 17.0 Å². The summed E-state index contributed by atoms with van der Waals surface area (Å²) in [4.78, 5) is 16.3. The molecule has 29 heavy (non-hydrogen) atoms. The molecule has 1 atom stereocenters. The van der Waals surface area contributed by atoms with Gasteiger partial charge in [-0.2, -0.15) is 0 Å². The van der Waals surface area contributed by atoms with Gasteiger partial charge in [0, 0.05) is 38.6 Å². The number of carbonyl (C=O) groups excluding carboxylic acids is 1. The molecule has 1 unspecified atom stereocenters. The summed E-state index contributed by atoms with van der Waals surface area (Å²) in [6, 6.07) is 7.29. The fourth-order valence-corrected chi connectivity index (χ4v) is 4.57. The minimum atomic E-state index is -0.703. The minimum Gasteiger partial charge on any atom is -0.508 e. The molecule has 0 radical (unpaired) electrons. The highest BCUT2D eigenvalue weighted by Gasteiger charge is 2.40. The van der Waals surface area contributed by atoms with Crippen molar-refractivity contribution in [3.8, 4) is 5.75 Å². The Balaban J connectivity index is 1.62. The normalized spacial score (nSPS) is 21.0. The zero-order valence-corrected chi connectivity index (χ0v) is 17.7. The van der Waals surface area contributed by atoms with Gasteiger partial charge in [-0.1, -0.05) is 44.7 Å². The molecule has 1 aliphatic heterocycles. The molecule has 2 fully saturated rings. The first-order chi connectivity index (χ1) is 14.0. The summed E-state index contributed by atoms with van der Waals surface area (Å²) >= 11 is 0. The molecule has 6 nitrogen and oxygen atoms in total. The second-order valence-electron chi connectivity index (χ2n) is 8.56. The van der Waals surface area contributed by atoms with E-state index in [1.165, 1.54) is 6.42 Å². The summed E-state index contributed by atoms with van der Waals surface area (Å²) in [6.07, 6.45) is 6.65. The molecule has 1 saturated heterocycles. The SMILES string of the molecule is CCCCOC(=O)N1CCN(CC(c2ccc(O)cc2)C2(O)CCCCC2)CC1. The van der Waals surface area contributed by atoms with Gasteiger partial charge in [0.1, 0.15) is 5.75 Å². The van der Waals surface area contributed by atoms with Crippen LogP contribution in [0.2, 0.25) is 0 Å². The van der Waals surface area contributed by atoms with Gasteiger partial charge in [-0.15, -0.1) is 0 Å². The fraction of sp³-hybridized carbons (Fsp3) is 0.696. The number of carbonyl (C=O) groups is 1. The lowest BCUT2D eigenvalue weighted by Gasteiger charge is -2.43. The zero-order valence-electron chi connectivity index (χ0n) is 17.7. The Hall–Kier alpha value is -1.79. The van der Waals surface area contributed by atoms with E-state index >= 15 is 0 Å². The van der Waals surface area contributed by atoms with E-state index in [0.29, 0.717) is 19.7 Å². The van der Waals surface area contributed by atoms with E-state index in [0.717, 1.165) is 63.7 Å². The number of hydrogen-bond acceptors (Lipinski definition) is 5. The smallest absolute Gasteiger partial charge is 0.409 e. The maximum Gasteiger partial charge on any atom is 0.409 e. The molecule has 1 amide bonds. The van der Waals surface area contributed by atoms with Crippen molar-refractivity contribution in [1.29, 1.82) is 0 Å². The van der Waals surface area contributed by atoms with Crippen molar-refractivity contribution in [2.75, 3.05) is 39.3 Å². The number of ether oxygens (including phenoxy) is 1. The minimum absolute atomic E-state index is 0.00598. The van der Waals surface area contributed by atoms with Gasteiger partial charge in [-0.25, -0.2) is 4.79 Å². The highest BCUT2D eigenvalue weighted by atomic mass is 16.6. The van der Waals surface area contributed by atoms with E-state index in [4.69, 9.17) is 4.74 Å². The number of unbranched alkanes of at least 4 members (excludes halogenated alkanes) is 1. The molecular formula is C23H36N2O4. The quantitative estimate of drug-likeness (QED) is 0.678. The molecule has 1 aromatic carbocycles. The summed E-state index contributed by atoms with van der Waals surface area (Å²) in [5.41, 5.74) is 0.374. The average molecular weight is 405 g/mol. The van der Waals surface area contributed by atoms with Crippen LogP contribution >= 0.6 is 0 Å². The number of amides is 1. The molecule has 6 heteroatoms. The number of hydrogen-bond donors (Lipinski definition) is 2. The van der Waals surface area contributed by atoms with Gasteiger partial charge >= 0.3 is 6.09 Å². The van der Waals surface area contributed by atoms with Crippen molar-refractivity contribution in [2.24, 2.45) is 0 Å². The highest BCUT2D eigenvalue weighted by Crippen LogP contribution is 2.41. The lowest BCUT2D eigenvalue weighted by Crippen LogP contribution is -2.52. The first-order valence-electron chi connectivity index (χ1n) is 11.2. The Labute approximate surface area is 174 Å². The fourth-order valence-electron chi connectivity index (χ4n) is 4.57. The van der Waals surface area contributed by atoms with Gasteiger partial charge in [0.15, 0.2) is 0 Å². The molecule has 2 aliphatic rings. The van der Waals surface area contributed by atoms with Crippen molar-refractivity contribution >= 4 is 6.09 Å². The van der Waals surface area contributed by atoms with Crippen LogP contribution in [-0.2, 0) is 4.74 Å². The Bertz CT molecular complexity index is 635. The van der Waals surface area contributed by atoms with Gasteiger partial charge in [0.25, 0.3) is 0 Å². The van der Waals surface area contributed by atoms with Crippen molar-refractivity contribution in [3.63, 3.8) is 0 Å². The lowest BCUT2D eigenvalue weighted by atomic mass is 9.72. The number of phenolic OH excluding ortho intramolecular Hbond substituents is 1. The van der Waals surface area contributed by atoms with Crippen LogP contribution in [0.25, 0.3) is 0 Å². The Morgan fingerprint density at radius 1 is 1.10 bits per heavy atom. The van der Waals surface area contributed by atoms with Gasteiger partial charge in [0.2, 0.25) is 0 Å². The zero-order chi connectivity index (χ0) is 20.7. The van der Waals surface area contributed by atoms with E-state index in [1.807, 2.05) is 12.1 Å². The predicted molar refractivity (Wildman–Crippen MR) is 113 cm³/mol. The topological polar surface area (TPSA) is 73.2 Å². The van der Waals surface area contributed by atoms with E-state index in [2.05, 4.69) is 11.8 Å². The molecule has 1 aliphatic carbocycles. The summed E-state index contributed by atoms with van der Waals surface area (Å²) in [7, 11) is 0. The summed E-state index contributed by atoms with van der Waals surface area (Å²) < 4.78 is 5.33. The molecule has 1 aromatic rings. The van der Waals surface area contributed by atoms with Crippen molar-refractivity contribution in [3.05, 3.63) is 29.8 Å². The number of piperazine rings is 1. The lowest BCUT2D eigenvalue weighted by molar-refractivity contribution is -0.0342. The second kappa shape index (κ2) is 10.3. The van der Waals surface area contributed by atoms with Crippen LogP contribution < -0.4 is 0 Å². The average Bonchev–Trinajstić information content (AvgIpc) is 2.74. The van der Waals surface area contributed by atoms with Gasteiger partial charge < -0.3 is 19.8 Å². The van der Waals surface area contributed by atoms with Gasteiger partial charge in [0.05, 0.1) is 12.2 Å². The van der Waals surface area contributed by atoms with Crippen LogP contribution in [0.4, 0.5) is 4.79 Å². The molecule has 2 N–H and O–H groups in total. The molecule has 1 saturated carbocycles. The van der Waals surface area contributed by atoms with Gasteiger partial charge in [-0.05, 0) is 37.0 Å². The Kier molecular flexibility index (Phi) is 7.78. The third-order valence-electron chi connectivity index (χ3n) is 6.46. The first kappa shape index (κ1) is 21.9. The van der Waals surface area contributed by atoms with Crippen LogP contribution in [0.1, 0.15) is 63.4 Å². The predicted octanol–water partition coefficient (Wildman–Crippen LogP) is 3.73. The van der Waals surface area contributed by atoms with Crippen LogP contribution in [0, 0.1) is 0 Å². The number of phenols is 1. The molecule has 0 bridgehead atoms. The number of nitrogens with zero attached hydrogens (tertiary/aromatic N) is 2. The second-order valence-corrected chi connectivity index (χ2v) is 8.56. The maximum absolute atomic E-state index is 12.2.